The van der Waals surface area contributed by atoms with Gasteiger partial charge in [0.1, 0.15) is 5.78 Å². The van der Waals surface area contributed by atoms with E-state index in [0.717, 1.165) is 32.2 Å². The number of hydrogen-bond acceptors (Lipinski definition) is 3. The molecule has 0 amide bonds. The zero-order chi connectivity index (χ0) is 11.5. The van der Waals surface area contributed by atoms with Gasteiger partial charge in [-0.3, -0.25) is 4.79 Å². The molecule has 1 saturated heterocycles. The molecule has 3 heteroatoms. The summed E-state index contributed by atoms with van der Waals surface area (Å²) in [4.78, 5) is 13.6. The van der Waals surface area contributed by atoms with Crippen molar-refractivity contribution < 1.29 is 4.79 Å². The molecule has 1 aliphatic heterocycles. The largest absolute Gasteiger partial charge is 0.327 e. The van der Waals surface area contributed by atoms with Gasteiger partial charge in [0.15, 0.2) is 0 Å². The Kier molecular flexibility index (Phi) is 3.98. The van der Waals surface area contributed by atoms with Crippen LogP contribution in [0.15, 0.2) is 0 Å². The van der Waals surface area contributed by atoms with Crippen LogP contribution in [0.4, 0.5) is 0 Å². The minimum absolute atomic E-state index is 0.316. The molecule has 2 atom stereocenters. The number of Topliss-reactive ketones (excluding diaryl/α,β-unsaturated/α-hetero) is 1. The maximum Gasteiger partial charge on any atom is 0.132 e. The summed E-state index contributed by atoms with van der Waals surface area (Å²) in [5.41, 5.74) is 6.39. The van der Waals surface area contributed by atoms with Crippen LogP contribution < -0.4 is 5.73 Å². The van der Waals surface area contributed by atoms with E-state index in [2.05, 4.69) is 11.9 Å². The number of rotatable bonds is 2. The van der Waals surface area contributed by atoms with Crippen molar-refractivity contribution in [3.63, 3.8) is 0 Å². The van der Waals surface area contributed by atoms with Crippen molar-refractivity contribution in [2.45, 2.75) is 44.6 Å². The SMILES string of the molecule is CN1CCCC(C(N)C2CCC(=O)CC2)C1. The van der Waals surface area contributed by atoms with Crippen LogP contribution in [0.1, 0.15) is 38.5 Å². The first kappa shape index (κ1) is 12.1. The molecule has 0 aromatic carbocycles. The lowest BCUT2D eigenvalue weighted by atomic mass is 9.76. The Balaban J connectivity index is 1.86. The van der Waals surface area contributed by atoms with Crippen molar-refractivity contribution in [2.24, 2.45) is 17.6 Å². The molecule has 1 heterocycles. The fourth-order valence-electron chi connectivity index (χ4n) is 3.25. The standard InChI is InChI=1S/C13H24N2O/c1-15-8-2-3-11(9-15)13(14)10-4-6-12(16)7-5-10/h10-11,13H,2-9,14H2,1H3. The lowest BCUT2D eigenvalue weighted by Crippen LogP contribution is -2.46. The average molecular weight is 224 g/mol. The van der Waals surface area contributed by atoms with Gasteiger partial charge in [-0.2, -0.15) is 0 Å². The lowest BCUT2D eigenvalue weighted by Gasteiger charge is -2.38. The topological polar surface area (TPSA) is 46.3 Å². The molecule has 2 unspecified atom stereocenters. The van der Waals surface area contributed by atoms with Gasteiger partial charge in [-0.1, -0.05) is 0 Å². The number of ketones is 1. The third-order valence-electron chi connectivity index (χ3n) is 4.34. The smallest absolute Gasteiger partial charge is 0.132 e. The number of nitrogens with two attached hydrogens (primary N) is 1. The quantitative estimate of drug-likeness (QED) is 0.771. The van der Waals surface area contributed by atoms with E-state index in [0.29, 0.717) is 23.7 Å². The molecule has 0 spiro atoms. The van der Waals surface area contributed by atoms with E-state index in [4.69, 9.17) is 5.73 Å². The summed E-state index contributed by atoms with van der Waals surface area (Å²) in [5, 5.41) is 0. The third kappa shape index (κ3) is 2.83. The summed E-state index contributed by atoms with van der Waals surface area (Å²) < 4.78 is 0. The summed E-state index contributed by atoms with van der Waals surface area (Å²) in [6.45, 7) is 2.36. The average Bonchev–Trinajstić information content (AvgIpc) is 2.29. The van der Waals surface area contributed by atoms with Gasteiger partial charge < -0.3 is 10.6 Å². The highest BCUT2D eigenvalue weighted by Gasteiger charge is 2.31. The molecule has 0 aromatic rings. The number of hydrogen-bond donors (Lipinski definition) is 1. The predicted octanol–water partition coefficient (Wildman–Crippen LogP) is 1.41. The van der Waals surface area contributed by atoms with Crippen LogP contribution in [0.2, 0.25) is 0 Å². The Labute approximate surface area is 98.4 Å². The highest BCUT2D eigenvalue weighted by Crippen LogP contribution is 2.30. The lowest BCUT2D eigenvalue weighted by molar-refractivity contribution is -0.121. The van der Waals surface area contributed by atoms with Gasteiger partial charge in [0.2, 0.25) is 0 Å². The van der Waals surface area contributed by atoms with Crippen molar-refractivity contribution in [3.8, 4) is 0 Å². The van der Waals surface area contributed by atoms with E-state index >= 15 is 0 Å². The predicted molar refractivity (Wildman–Crippen MR) is 65.2 cm³/mol. The zero-order valence-electron chi connectivity index (χ0n) is 10.3. The van der Waals surface area contributed by atoms with Crippen LogP contribution in [0, 0.1) is 11.8 Å². The molecule has 2 aliphatic rings. The molecular weight excluding hydrogens is 200 g/mol. The van der Waals surface area contributed by atoms with Crippen LogP contribution in [-0.4, -0.2) is 36.9 Å². The molecule has 1 aliphatic carbocycles. The van der Waals surface area contributed by atoms with Crippen molar-refractivity contribution in [3.05, 3.63) is 0 Å². The molecule has 1 saturated carbocycles. The van der Waals surface area contributed by atoms with Crippen molar-refractivity contribution in [1.29, 1.82) is 0 Å². The molecule has 2 rings (SSSR count). The van der Waals surface area contributed by atoms with E-state index < -0.39 is 0 Å². The Bertz CT molecular complexity index is 244. The van der Waals surface area contributed by atoms with E-state index in [1.807, 2.05) is 0 Å². The van der Waals surface area contributed by atoms with Gasteiger partial charge in [-0.05, 0) is 51.1 Å². The van der Waals surface area contributed by atoms with Crippen molar-refractivity contribution >= 4 is 5.78 Å². The number of carbonyl (C=O) groups excluding carboxylic acids is 1. The third-order valence-corrected chi connectivity index (χ3v) is 4.34. The first-order valence-corrected chi connectivity index (χ1v) is 6.62. The van der Waals surface area contributed by atoms with Crippen LogP contribution in [-0.2, 0) is 4.79 Å². The molecule has 16 heavy (non-hydrogen) atoms. The summed E-state index contributed by atoms with van der Waals surface area (Å²) in [6, 6.07) is 0.316. The summed E-state index contributed by atoms with van der Waals surface area (Å²) in [5.74, 6) is 1.68. The second-order valence-electron chi connectivity index (χ2n) is 5.62. The normalized spacial score (nSPS) is 31.6. The van der Waals surface area contributed by atoms with Gasteiger partial charge in [0.25, 0.3) is 0 Å². The molecule has 2 N–H and O–H groups in total. The van der Waals surface area contributed by atoms with Gasteiger partial charge >= 0.3 is 0 Å². The van der Waals surface area contributed by atoms with Gasteiger partial charge in [-0.25, -0.2) is 0 Å². The van der Waals surface area contributed by atoms with Gasteiger partial charge in [0, 0.05) is 25.4 Å². The Morgan fingerprint density at radius 1 is 1.25 bits per heavy atom. The van der Waals surface area contributed by atoms with Crippen LogP contribution in [0.5, 0.6) is 0 Å². The maximum atomic E-state index is 11.2. The van der Waals surface area contributed by atoms with E-state index in [1.165, 1.54) is 19.4 Å². The van der Waals surface area contributed by atoms with Crippen molar-refractivity contribution in [1.82, 2.24) is 4.90 Å². The number of carbonyl (C=O) groups is 1. The van der Waals surface area contributed by atoms with Gasteiger partial charge in [-0.15, -0.1) is 0 Å². The molecular formula is C13H24N2O. The minimum atomic E-state index is 0.316. The van der Waals surface area contributed by atoms with Crippen LogP contribution in [0.25, 0.3) is 0 Å². The second-order valence-corrected chi connectivity index (χ2v) is 5.62. The minimum Gasteiger partial charge on any atom is -0.327 e. The fraction of sp³-hybridized carbons (Fsp3) is 0.923. The molecule has 0 radical (unpaired) electrons. The highest BCUT2D eigenvalue weighted by atomic mass is 16.1. The molecule has 0 bridgehead atoms. The first-order chi connectivity index (χ1) is 7.66. The summed E-state index contributed by atoms with van der Waals surface area (Å²) in [7, 11) is 2.18. The molecule has 92 valence electrons. The monoisotopic (exact) mass is 224 g/mol. The Morgan fingerprint density at radius 2 is 1.94 bits per heavy atom. The summed E-state index contributed by atoms with van der Waals surface area (Å²) >= 11 is 0. The van der Waals surface area contributed by atoms with E-state index in [9.17, 15) is 4.79 Å². The van der Waals surface area contributed by atoms with Crippen LogP contribution >= 0.6 is 0 Å². The fourth-order valence-corrected chi connectivity index (χ4v) is 3.25. The highest BCUT2D eigenvalue weighted by molar-refractivity contribution is 5.79. The van der Waals surface area contributed by atoms with Crippen molar-refractivity contribution in [2.75, 3.05) is 20.1 Å². The first-order valence-electron chi connectivity index (χ1n) is 6.62. The second kappa shape index (κ2) is 5.28. The number of likely N-dealkylation sites (tertiary alicyclic amines) is 1. The van der Waals surface area contributed by atoms with Crippen LogP contribution in [0.3, 0.4) is 0 Å². The maximum absolute atomic E-state index is 11.2. The number of nitrogens with zero attached hydrogens (tertiary/aromatic N) is 1. The molecule has 0 aromatic heterocycles. The van der Waals surface area contributed by atoms with E-state index in [1.54, 1.807) is 0 Å². The molecule has 3 nitrogen and oxygen atoms in total. The Hall–Kier alpha value is -0.410. The van der Waals surface area contributed by atoms with E-state index in [-0.39, 0.29) is 0 Å². The molecule has 2 fully saturated rings. The zero-order valence-corrected chi connectivity index (χ0v) is 10.3. The number of piperidine rings is 1. The van der Waals surface area contributed by atoms with Gasteiger partial charge in [0.05, 0.1) is 0 Å². The Morgan fingerprint density at radius 3 is 2.56 bits per heavy atom. The summed E-state index contributed by atoms with van der Waals surface area (Å²) in [6.07, 6.45) is 6.14.